The molecule has 18 heavy (non-hydrogen) atoms. The largest absolute Gasteiger partial charge is 0.493 e. The van der Waals surface area contributed by atoms with E-state index >= 15 is 0 Å². The van der Waals surface area contributed by atoms with Gasteiger partial charge in [0.1, 0.15) is 6.61 Å². The number of benzene rings is 1. The van der Waals surface area contributed by atoms with Crippen LogP contribution in [0.5, 0.6) is 11.5 Å². The molecule has 1 aromatic rings. The summed E-state index contributed by atoms with van der Waals surface area (Å²) >= 11 is 1.75. The van der Waals surface area contributed by atoms with Crippen LogP contribution in [0.4, 0.5) is 0 Å². The van der Waals surface area contributed by atoms with Crippen molar-refractivity contribution >= 4 is 11.8 Å². The lowest BCUT2D eigenvalue weighted by Gasteiger charge is -2.10. The van der Waals surface area contributed by atoms with Gasteiger partial charge in [-0.3, -0.25) is 0 Å². The van der Waals surface area contributed by atoms with Crippen molar-refractivity contribution in [2.75, 3.05) is 38.3 Å². The van der Waals surface area contributed by atoms with Crippen molar-refractivity contribution in [1.29, 1.82) is 0 Å². The van der Waals surface area contributed by atoms with Gasteiger partial charge in [0.15, 0.2) is 11.5 Å². The van der Waals surface area contributed by atoms with Crippen molar-refractivity contribution in [3.63, 3.8) is 0 Å². The quantitative estimate of drug-likeness (QED) is 0.547. The predicted molar refractivity (Wildman–Crippen MR) is 77.5 cm³/mol. The van der Waals surface area contributed by atoms with Gasteiger partial charge in [-0.05, 0) is 12.1 Å². The first-order valence-electron chi connectivity index (χ1n) is 5.86. The Bertz CT molecular complexity index is 376. The van der Waals surface area contributed by atoms with Crippen LogP contribution in [-0.4, -0.2) is 38.3 Å². The van der Waals surface area contributed by atoms with Crippen molar-refractivity contribution in [3.05, 3.63) is 24.3 Å². The molecule has 0 aliphatic heterocycles. The number of methoxy groups -OCH3 is 1. The molecule has 0 aliphatic carbocycles. The molecule has 0 aliphatic rings. The van der Waals surface area contributed by atoms with Crippen LogP contribution in [0.25, 0.3) is 0 Å². The van der Waals surface area contributed by atoms with Crippen molar-refractivity contribution < 1.29 is 9.47 Å². The number of hydrogen-bond acceptors (Lipinski definition) is 4. The lowest BCUT2D eigenvalue weighted by atomic mass is 10.3. The van der Waals surface area contributed by atoms with Crippen LogP contribution in [0.15, 0.2) is 24.3 Å². The highest BCUT2D eigenvalue weighted by Gasteiger charge is 2.01. The maximum Gasteiger partial charge on any atom is 0.161 e. The van der Waals surface area contributed by atoms with Gasteiger partial charge in [-0.25, -0.2) is 0 Å². The fourth-order valence-corrected chi connectivity index (χ4v) is 1.92. The fourth-order valence-electron chi connectivity index (χ4n) is 1.37. The summed E-state index contributed by atoms with van der Waals surface area (Å²) in [5.74, 6) is 5.95. The van der Waals surface area contributed by atoms with Gasteiger partial charge in [0.25, 0.3) is 0 Å². The molecule has 0 saturated heterocycles. The SMILES string of the molecule is C#CCSCCNCCOc1ccccc1OC. The zero-order valence-corrected chi connectivity index (χ0v) is 11.5. The van der Waals surface area contributed by atoms with E-state index in [0.29, 0.717) is 6.61 Å². The number of hydrogen-bond donors (Lipinski definition) is 1. The Kier molecular flexibility index (Phi) is 7.94. The minimum absolute atomic E-state index is 0.625. The zero-order valence-electron chi connectivity index (χ0n) is 10.6. The van der Waals surface area contributed by atoms with Crippen molar-refractivity contribution in [2.45, 2.75) is 0 Å². The smallest absolute Gasteiger partial charge is 0.161 e. The molecule has 1 aromatic carbocycles. The van der Waals surface area contributed by atoms with E-state index in [2.05, 4.69) is 11.2 Å². The van der Waals surface area contributed by atoms with E-state index in [4.69, 9.17) is 15.9 Å². The number of nitrogens with one attached hydrogen (secondary N) is 1. The van der Waals surface area contributed by atoms with E-state index in [9.17, 15) is 0 Å². The Morgan fingerprint density at radius 3 is 2.78 bits per heavy atom. The minimum Gasteiger partial charge on any atom is -0.493 e. The molecular formula is C14H19NO2S. The summed E-state index contributed by atoms with van der Waals surface area (Å²) in [6, 6.07) is 7.65. The third-order valence-electron chi connectivity index (χ3n) is 2.21. The fraction of sp³-hybridized carbons (Fsp3) is 0.429. The summed E-state index contributed by atoms with van der Waals surface area (Å²) < 4.78 is 10.8. The van der Waals surface area contributed by atoms with Gasteiger partial charge in [0, 0.05) is 18.8 Å². The molecule has 0 amide bonds. The molecule has 0 radical (unpaired) electrons. The van der Waals surface area contributed by atoms with Crippen LogP contribution in [0.3, 0.4) is 0 Å². The Labute approximate surface area is 113 Å². The van der Waals surface area contributed by atoms with Crippen molar-refractivity contribution in [2.24, 2.45) is 0 Å². The zero-order chi connectivity index (χ0) is 13.1. The van der Waals surface area contributed by atoms with E-state index in [1.807, 2.05) is 24.3 Å². The topological polar surface area (TPSA) is 30.5 Å². The molecule has 1 N–H and O–H groups in total. The first kappa shape index (κ1) is 14.7. The molecule has 1 rings (SSSR count). The number of ether oxygens (including phenoxy) is 2. The van der Waals surface area contributed by atoms with Gasteiger partial charge >= 0.3 is 0 Å². The van der Waals surface area contributed by atoms with E-state index < -0.39 is 0 Å². The lowest BCUT2D eigenvalue weighted by molar-refractivity contribution is 0.293. The summed E-state index contributed by atoms with van der Waals surface area (Å²) in [5, 5.41) is 3.30. The summed E-state index contributed by atoms with van der Waals surface area (Å²) in [6.07, 6.45) is 5.16. The van der Waals surface area contributed by atoms with E-state index in [1.165, 1.54) is 0 Å². The summed E-state index contributed by atoms with van der Waals surface area (Å²) in [6.45, 7) is 2.39. The minimum atomic E-state index is 0.625. The maximum atomic E-state index is 5.63. The van der Waals surface area contributed by atoms with Crippen LogP contribution >= 0.6 is 11.8 Å². The van der Waals surface area contributed by atoms with Gasteiger partial charge in [-0.1, -0.05) is 18.1 Å². The van der Waals surface area contributed by atoms with Gasteiger partial charge in [-0.15, -0.1) is 18.2 Å². The third kappa shape index (κ3) is 5.85. The average molecular weight is 265 g/mol. The molecule has 4 heteroatoms. The second-order valence-corrected chi connectivity index (χ2v) is 4.61. The highest BCUT2D eigenvalue weighted by atomic mass is 32.2. The third-order valence-corrected chi connectivity index (χ3v) is 3.08. The molecular weight excluding hydrogens is 246 g/mol. The number of terminal acetylenes is 1. The summed E-state index contributed by atoms with van der Waals surface area (Å²) in [7, 11) is 1.64. The second kappa shape index (κ2) is 9.69. The first-order chi connectivity index (χ1) is 8.88. The molecule has 0 fully saturated rings. The van der Waals surface area contributed by atoms with E-state index in [1.54, 1.807) is 18.9 Å². The molecule has 3 nitrogen and oxygen atoms in total. The molecule has 0 bridgehead atoms. The standard InChI is InChI=1S/C14H19NO2S/c1-3-11-18-12-9-15-8-10-17-14-7-5-4-6-13(14)16-2/h1,4-7,15H,8-12H2,2H3. The highest BCUT2D eigenvalue weighted by Crippen LogP contribution is 2.25. The van der Waals surface area contributed by atoms with Gasteiger partial charge in [0.2, 0.25) is 0 Å². The Morgan fingerprint density at radius 2 is 2.06 bits per heavy atom. The molecule has 0 unspecified atom stereocenters. The second-order valence-electron chi connectivity index (χ2n) is 3.51. The summed E-state index contributed by atoms with van der Waals surface area (Å²) in [5.41, 5.74) is 0. The van der Waals surface area contributed by atoms with Gasteiger partial charge in [-0.2, -0.15) is 0 Å². The monoisotopic (exact) mass is 265 g/mol. The van der Waals surface area contributed by atoms with Crippen molar-refractivity contribution in [1.82, 2.24) is 5.32 Å². The van der Waals surface area contributed by atoms with E-state index in [0.717, 1.165) is 36.1 Å². The van der Waals surface area contributed by atoms with Crippen LogP contribution in [0.1, 0.15) is 0 Å². The van der Waals surface area contributed by atoms with Gasteiger partial charge in [0.05, 0.1) is 12.9 Å². The molecule has 0 saturated carbocycles. The van der Waals surface area contributed by atoms with Crippen LogP contribution in [0, 0.1) is 12.3 Å². The van der Waals surface area contributed by atoms with Crippen LogP contribution in [-0.2, 0) is 0 Å². The number of rotatable bonds is 9. The van der Waals surface area contributed by atoms with Crippen LogP contribution < -0.4 is 14.8 Å². The van der Waals surface area contributed by atoms with Crippen molar-refractivity contribution in [3.8, 4) is 23.8 Å². The van der Waals surface area contributed by atoms with E-state index in [-0.39, 0.29) is 0 Å². The predicted octanol–water partition coefficient (Wildman–Crippen LogP) is 2.03. The Morgan fingerprint density at radius 1 is 1.28 bits per heavy atom. The average Bonchev–Trinajstić information content (AvgIpc) is 2.42. The molecule has 0 spiro atoms. The number of para-hydroxylation sites is 2. The maximum absolute atomic E-state index is 5.63. The summed E-state index contributed by atoms with van der Waals surface area (Å²) in [4.78, 5) is 0. The Balaban J connectivity index is 2.09. The molecule has 0 atom stereocenters. The lowest BCUT2D eigenvalue weighted by Crippen LogP contribution is -2.23. The first-order valence-corrected chi connectivity index (χ1v) is 7.01. The van der Waals surface area contributed by atoms with Crippen LogP contribution in [0.2, 0.25) is 0 Å². The molecule has 98 valence electrons. The normalized spacial score (nSPS) is 9.78. The molecule has 0 aromatic heterocycles. The van der Waals surface area contributed by atoms with Gasteiger partial charge < -0.3 is 14.8 Å². The highest BCUT2D eigenvalue weighted by molar-refractivity contribution is 7.99. The number of thioether (sulfide) groups is 1. The Hall–Kier alpha value is -1.31. The molecule has 0 heterocycles.